The van der Waals surface area contributed by atoms with Gasteiger partial charge < -0.3 is 14.7 Å². The number of carbonyl (C=O) groups excluding carboxylic acids is 1. The van der Waals surface area contributed by atoms with Gasteiger partial charge in [-0.25, -0.2) is 4.79 Å². The van der Waals surface area contributed by atoms with Crippen molar-refractivity contribution in [2.75, 3.05) is 13.7 Å². The average molecular weight is 406 g/mol. The molecule has 0 bridgehead atoms. The number of halogens is 1. The zero-order valence-electron chi connectivity index (χ0n) is 14.1. The summed E-state index contributed by atoms with van der Waals surface area (Å²) < 4.78 is 6.38. The van der Waals surface area contributed by atoms with Crippen LogP contribution in [-0.4, -0.2) is 41.6 Å². The van der Waals surface area contributed by atoms with Crippen molar-refractivity contribution >= 4 is 27.8 Å². The average Bonchev–Trinajstić information content (AvgIpc) is 2.60. The summed E-state index contributed by atoms with van der Waals surface area (Å²) in [5.74, 6) is -0.882. The number of ether oxygens (including phenoxy) is 1. The molecule has 1 amide bonds. The molecule has 1 N–H and O–H groups in total. The number of rotatable bonds is 7. The van der Waals surface area contributed by atoms with Gasteiger partial charge in [0.1, 0.15) is 11.8 Å². The minimum atomic E-state index is -1.04. The fourth-order valence-electron chi connectivity index (χ4n) is 2.31. The summed E-state index contributed by atoms with van der Waals surface area (Å²) in [7, 11) is 1.48. The van der Waals surface area contributed by atoms with Gasteiger partial charge in [0.15, 0.2) is 6.61 Å². The van der Waals surface area contributed by atoms with E-state index < -0.39 is 12.0 Å². The number of benzene rings is 2. The highest BCUT2D eigenvalue weighted by atomic mass is 79.9. The quantitative estimate of drug-likeness (QED) is 0.767. The molecule has 0 aliphatic carbocycles. The normalized spacial score (nSPS) is 11.6. The van der Waals surface area contributed by atoms with E-state index in [0.29, 0.717) is 5.75 Å². The van der Waals surface area contributed by atoms with E-state index in [1.807, 2.05) is 43.3 Å². The number of carboxylic acids is 1. The molecule has 0 spiro atoms. The Morgan fingerprint density at radius 1 is 1.20 bits per heavy atom. The van der Waals surface area contributed by atoms with Gasteiger partial charge in [0, 0.05) is 17.9 Å². The van der Waals surface area contributed by atoms with Gasteiger partial charge in [-0.3, -0.25) is 4.79 Å². The van der Waals surface area contributed by atoms with Crippen molar-refractivity contribution in [1.29, 1.82) is 0 Å². The third-order valence-electron chi connectivity index (χ3n) is 3.92. The Hall–Kier alpha value is -2.34. The van der Waals surface area contributed by atoms with Gasteiger partial charge in [-0.1, -0.05) is 52.3 Å². The SMILES string of the molecule is Cc1ccc(OCC(=O)N(C)C(Cc2ccccc2)C(=O)O)cc1Br. The predicted octanol–water partition coefficient (Wildman–Crippen LogP) is 3.29. The number of aliphatic carboxylic acids is 1. The minimum absolute atomic E-state index is 0.218. The van der Waals surface area contributed by atoms with Crippen LogP contribution in [0.5, 0.6) is 5.75 Å². The molecular weight excluding hydrogens is 386 g/mol. The number of likely N-dealkylation sites (N-methyl/N-ethyl adjacent to an activating group) is 1. The van der Waals surface area contributed by atoms with Crippen molar-refractivity contribution in [2.45, 2.75) is 19.4 Å². The number of carbonyl (C=O) groups is 2. The molecule has 0 heterocycles. The molecule has 0 saturated carbocycles. The Bertz CT molecular complexity index is 748. The van der Waals surface area contributed by atoms with Crippen LogP contribution in [0.2, 0.25) is 0 Å². The topological polar surface area (TPSA) is 66.8 Å². The van der Waals surface area contributed by atoms with Crippen molar-refractivity contribution in [3.63, 3.8) is 0 Å². The van der Waals surface area contributed by atoms with Gasteiger partial charge in [-0.15, -0.1) is 0 Å². The molecule has 0 radical (unpaired) electrons. The number of hydrogen-bond donors (Lipinski definition) is 1. The lowest BCUT2D eigenvalue weighted by molar-refractivity contribution is -0.149. The summed E-state index contributed by atoms with van der Waals surface area (Å²) in [5.41, 5.74) is 1.92. The summed E-state index contributed by atoms with van der Waals surface area (Å²) in [6.45, 7) is 1.73. The molecule has 1 unspecified atom stereocenters. The lowest BCUT2D eigenvalue weighted by Gasteiger charge is -2.25. The van der Waals surface area contributed by atoms with Crippen LogP contribution in [0.4, 0.5) is 0 Å². The number of hydrogen-bond acceptors (Lipinski definition) is 3. The van der Waals surface area contributed by atoms with E-state index in [4.69, 9.17) is 4.74 Å². The maximum atomic E-state index is 12.3. The first kappa shape index (κ1) is 19.0. The molecule has 0 aromatic heterocycles. The van der Waals surface area contributed by atoms with Crippen molar-refractivity contribution in [1.82, 2.24) is 4.90 Å². The maximum absolute atomic E-state index is 12.3. The van der Waals surface area contributed by atoms with E-state index in [0.717, 1.165) is 15.6 Å². The Labute approximate surface area is 155 Å². The number of amides is 1. The highest BCUT2D eigenvalue weighted by Crippen LogP contribution is 2.22. The summed E-state index contributed by atoms with van der Waals surface area (Å²) in [5, 5.41) is 9.47. The summed E-state index contributed by atoms with van der Waals surface area (Å²) in [6, 6.07) is 13.7. The minimum Gasteiger partial charge on any atom is -0.484 e. The zero-order chi connectivity index (χ0) is 18.4. The zero-order valence-corrected chi connectivity index (χ0v) is 15.7. The first-order valence-corrected chi connectivity index (χ1v) is 8.59. The van der Waals surface area contributed by atoms with Crippen LogP contribution in [0.25, 0.3) is 0 Å². The van der Waals surface area contributed by atoms with Crippen LogP contribution in [0, 0.1) is 6.92 Å². The second kappa shape index (κ2) is 8.67. The Kier molecular flexibility index (Phi) is 6.58. The number of aryl methyl sites for hydroxylation is 1. The van der Waals surface area contributed by atoms with Gasteiger partial charge in [0.25, 0.3) is 5.91 Å². The first-order chi connectivity index (χ1) is 11.9. The molecule has 2 rings (SSSR count). The van der Waals surface area contributed by atoms with Crippen LogP contribution in [0.3, 0.4) is 0 Å². The van der Waals surface area contributed by atoms with E-state index in [9.17, 15) is 14.7 Å². The lowest BCUT2D eigenvalue weighted by atomic mass is 10.1. The Morgan fingerprint density at radius 3 is 2.48 bits per heavy atom. The molecule has 0 fully saturated rings. The molecule has 2 aromatic carbocycles. The van der Waals surface area contributed by atoms with E-state index in [-0.39, 0.29) is 18.9 Å². The monoisotopic (exact) mass is 405 g/mol. The fourth-order valence-corrected chi connectivity index (χ4v) is 2.67. The third kappa shape index (κ3) is 5.32. The standard InChI is InChI=1S/C19H20BrNO4/c1-13-8-9-15(11-16(13)20)25-12-18(22)21(2)17(19(23)24)10-14-6-4-3-5-7-14/h3-9,11,17H,10,12H2,1-2H3,(H,23,24). The second-order valence-electron chi connectivity index (χ2n) is 5.75. The van der Waals surface area contributed by atoms with Gasteiger partial charge in [0.05, 0.1) is 0 Å². The predicted molar refractivity (Wildman–Crippen MR) is 98.7 cm³/mol. The van der Waals surface area contributed by atoms with Gasteiger partial charge in [-0.05, 0) is 30.2 Å². The highest BCUT2D eigenvalue weighted by molar-refractivity contribution is 9.10. The first-order valence-electron chi connectivity index (χ1n) is 7.80. The van der Waals surface area contributed by atoms with Gasteiger partial charge >= 0.3 is 5.97 Å². The van der Waals surface area contributed by atoms with Gasteiger partial charge in [-0.2, -0.15) is 0 Å². The van der Waals surface area contributed by atoms with Crippen LogP contribution in [-0.2, 0) is 16.0 Å². The molecule has 5 nitrogen and oxygen atoms in total. The van der Waals surface area contributed by atoms with Crippen molar-refractivity contribution in [3.8, 4) is 5.75 Å². The Balaban J connectivity index is 2.00. The lowest BCUT2D eigenvalue weighted by Crippen LogP contribution is -2.45. The molecular formula is C19H20BrNO4. The molecule has 0 aliphatic rings. The smallest absolute Gasteiger partial charge is 0.326 e. The largest absolute Gasteiger partial charge is 0.484 e. The number of carboxylic acid groups (broad SMARTS) is 1. The Morgan fingerprint density at radius 2 is 1.88 bits per heavy atom. The summed E-state index contributed by atoms with van der Waals surface area (Å²) in [6.07, 6.45) is 0.245. The van der Waals surface area contributed by atoms with E-state index in [1.54, 1.807) is 12.1 Å². The highest BCUT2D eigenvalue weighted by Gasteiger charge is 2.27. The fraction of sp³-hybridized carbons (Fsp3) is 0.263. The van der Waals surface area contributed by atoms with E-state index >= 15 is 0 Å². The molecule has 2 aromatic rings. The third-order valence-corrected chi connectivity index (χ3v) is 4.78. The molecule has 6 heteroatoms. The van der Waals surface area contributed by atoms with Crippen LogP contribution >= 0.6 is 15.9 Å². The molecule has 132 valence electrons. The van der Waals surface area contributed by atoms with Gasteiger partial charge in [0.2, 0.25) is 0 Å². The molecule has 0 saturated heterocycles. The summed E-state index contributed by atoms with van der Waals surface area (Å²) >= 11 is 3.41. The second-order valence-corrected chi connectivity index (χ2v) is 6.60. The molecule has 1 atom stereocenters. The van der Waals surface area contributed by atoms with E-state index in [1.165, 1.54) is 11.9 Å². The molecule has 25 heavy (non-hydrogen) atoms. The van der Waals surface area contributed by atoms with E-state index in [2.05, 4.69) is 15.9 Å². The van der Waals surface area contributed by atoms with Crippen molar-refractivity contribution in [3.05, 3.63) is 64.1 Å². The summed E-state index contributed by atoms with van der Waals surface area (Å²) in [4.78, 5) is 25.1. The van der Waals surface area contributed by atoms with Crippen LogP contribution < -0.4 is 4.74 Å². The van der Waals surface area contributed by atoms with Crippen LogP contribution in [0.1, 0.15) is 11.1 Å². The maximum Gasteiger partial charge on any atom is 0.326 e. The van der Waals surface area contributed by atoms with Crippen molar-refractivity contribution < 1.29 is 19.4 Å². The van der Waals surface area contributed by atoms with Crippen molar-refractivity contribution in [2.24, 2.45) is 0 Å². The number of nitrogens with zero attached hydrogens (tertiary/aromatic N) is 1. The molecule has 0 aliphatic heterocycles. The van der Waals surface area contributed by atoms with Crippen LogP contribution in [0.15, 0.2) is 53.0 Å².